The number of hydrogen-bond donors (Lipinski definition) is 1. The fraction of sp³-hybridized carbons (Fsp3) is 0.154. The third-order valence-electron chi connectivity index (χ3n) is 2.98. The first-order valence-electron chi connectivity index (χ1n) is 5.46. The van der Waals surface area contributed by atoms with Gasteiger partial charge in [-0.2, -0.15) is 0 Å². The molecule has 0 atom stereocenters. The van der Waals surface area contributed by atoms with Gasteiger partial charge in [0.1, 0.15) is 5.65 Å². The van der Waals surface area contributed by atoms with E-state index in [0.29, 0.717) is 6.54 Å². The van der Waals surface area contributed by atoms with E-state index in [-0.39, 0.29) is 0 Å². The molecule has 0 radical (unpaired) electrons. The Morgan fingerprint density at radius 2 is 2.18 bits per heavy atom. The zero-order valence-electron chi connectivity index (χ0n) is 9.44. The topological polar surface area (TPSA) is 43.3 Å². The fourth-order valence-corrected chi connectivity index (χ4v) is 2.50. The Bertz CT molecular complexity index is 715. The maximum atomic E-state index is 5.64. The number of imidazole rings is 1. The van der Waals surface area contributed by atoms with Gasteiger partial charge in [0.15, 0.2) is 0 Å². The van der Waals surface area contributed by atoms with Crippen LogP contribution in [0.15, 0.2) is 34.9 Å². The Kier molecular flexibility index (Phi) is 2.42. The van der Waals surface area contributed by atoms with E-state index in [1.807, 2.05) is 6.20 Å². The van der Waals surface area contributed by atoms with Gasteiger partial charge < -0.3 is 5.73 Å². The van der Waals surface area contributed by atoms with E-state index >= 15 is 0 Å². The molecule has 3 aromatic rings. The maximum absolute atomic E-state index is 5.64. The number of halogens is 1. The molecule has 0 saturated heterocycles. The molecule has 3 rings (SSSR count). The highest BCUT2D eigenvalue weighted by Gasteiger charge is 2.07. The standard InChI is InChI=1S/C13H12BrN3/c1-8-4-13-16-10(6-15)7-17(13)12-5-9(14)2-3-11(8)12/h2-5,7H,6,15H2,1H3. The molecule has 0 bridgehead atoms. The van der Waals surface area contributed by atoms with Crippen molar-refractivity contribution in [3.8, 4) is 0 Å². The zero-order chi connectivity index (χ0) is 12.0. The average molecular weight is 290 g/mol. The molecule has 0 saturated carbocycles. The van der Waals surface area contributed by atoms with Gasteiger partial charge in [-0.15, -0.1) is 0 Å². The van der Waals surface area contributed by atoms with Gasteiger partial charge >= 0.3 is 0 Å². The van der Waals surface area contributed by atoms with Crippen LogP contribution in [0.1, 0.15) is 11.3 Å². The number of benzene rings is 1. The predicted molar refractivity (Wildman–Crippen MR) is 73.0 cm³/mol. The summed E-state index contributed by atoms with van der Waals surface area (Å²) in [6, 6.07) is 8.38. The number of pyridine rings is 1. The van der Waals surface area contributed by atoms with Crippen LogP contribution in [0.4, 0.5) is 0 Å². The van der Waals surface area contributed by atoms with E-state index in [9.17, 15) is 0 Å². The smallest absolute Gasteiger partial charge is 0.137 e. The number of hydrogen-bond acceptors (Lipinski definition) is 2. The van der Waals surface area contributed by atoms with Crippen molar-refractivity contribution in [1.29, 1.82) is 0 Å². The van der Waals surface area contributed by atoms with Gasteiger partial charge in [-0.3, -0.25) is 4.40 Å². The number of fused-ring (bicyclic) bond motifs is 3. The van der Waals surface area contributed by atoms with Crippen LogP contribution in [-0.2, 0) is 6.54 Å². The van der Waals surface area contributed by atoms with E-state index in [0.717, 1.165) is 21.3 Å². The minimum absolute atomic E-state index is 0.468. The second-order valence-corrected chi connectivity index (χ2v) is 5.07. The van der Waals surface area contributed by atoms with Crippen molar-refractivity contribution < 1.29 is 0 Å². The van der Waals surface area contributed by atoms with E-state index in [4.69, 9.17) is 5.73 Å². The number of nitrogens with two attached hydrogens (primary N) is 1. The van der Waals surface area contributed by atoms with Crippen LogP contribution in [-0.4, -0.2) is 9.38 Å². The van der Waals surface area contributed by atoms with E-state index in [1.165, 1.54) is 10.9 Å². The molecule has 17 heavy (non-hydrogen) atoms. The molecule has 0 aliphatic carbocycles. The Morgan fingerprint density at radius 3 is 2.94 bits per heavy atom. The number of aryl methyl sites for hydroxylation is 1. The van der Waals surface area contributed by atoms with Crippen LogP contribution in [0.3, 0.4) is 0 Å². The van der Waals surface area contributed by atoms with Crippen molar-refractivity contribution in [3.05, 3.63) is 46.2 Å². The van der Waals surface area contributed by atoms with Gasteiger partial charge in [-0.25, -0.2) is 4.98 Å². The van der Waals surface area contributed by atoms with Crippen LogP contribution in [0, 0.1) is 6.92 Å². The highest BCUT2D eigenvalue weighted by Crippen LogP contribution is 2.24. The van der Waals surface area contributed by atoms with Crippen LogP contribution in [0.5, 0.6) is 0 Å². The van der Waals surface area contributed by atoms with Gasteiger partial charge in [0.25, 0.3) is 0 Å². The lowest BCUT2D eigenvalue weighted by molar-refractivity contribution is 1.02. The summed E-state index contributed by atoms with van der Waals surface area (Å²) in [5, 5.41) is 1.24. The van der Waals surface area contributed by atoms with Crippen molar-refractivity contribution in [3.63, 3.8) is 0 Å². The summed E-state index contributed by atoms with van der Waals surface area (Å²) in [6.07, 6.45) is 2.00. The second kappa shape index (κ2) is 3.82. The minimum atomic E-state index is 0.468. The summed E-state index contributed by atoms with van der Waals surface area (Å²) in [7, 11) is 0. The number of nitrogens with zero attached hydrogens (tertiary/aromatic N) is 2. The molecule has 3 nitrogen and oxygen atoms in total. The minimum Gasteiger partial charge on any atom is -0.325 e. The first-order valence-corrected chi connectivity index (χ1v) is 6.25. The molecule has 2 heterocycles. The molecular formula is C13H12BrN3. The van der Waals surface area contributed by atoms with Crippen molar-refractivity contribution in [2.24, 2.45) is 5.73 Å². The lowest BCUT2D eigenvalue weighted by atomic mass is 10.1. The quantitative estimate of drug-likeness (QED) is 0.748. The molecule has 86 valence electrons. The SMILES string of the molecule is Cc1cc2nc(CN)cn2c2cc(Br)ccc12. The highest BCUT2D eigenvalue weighted by atomic mass is 79.9. The summed E-state index contributed by atoms with van der Waals surface area (Å²) < 4.78 is 3.16. The molecule has 1 aromatic carbocycles. The summed E-state index contributed by atoms with van der Waals surface area (Å²) in [6.45, 7) is 2.57. The summed E-state index contributed by atoms with van der Waals surface area (Å²) >= 11 is 3.51. The molecule has 0 unspecified atom stereocenters. The first-order chi connectivity index (χ1) is 8.19. The summed E-state index contributed by atoms with van der Waals surface area (Å²) in [4.78, 5) is 4.49. The molecule has 0 aliphatic heterocycles. The molecule has 2 aromatic heterocycles. The van der Waals surface area contributed by atoms with Crippen molar-refractivity contribution in [1.82, 2.24) is 9.38 Å². The third-order valence-corrected chi connectivity index (χ3v) is 3.48. The van der Waals surface area contributed by atoms with Crippen LogP contribution in [0.2, 0.25) is 0 Å². The van der Waals surface area contributed by atoms with E-state index in [2.05, 4.69) is 56.5 Å². The molecule has 0 amide bonds. The summed E-state index contributed by atoms with van der Waals surface area (Å²) in [5.41, 5.74) is 9.89. The van der Waals surface area contributed by atoms with Crippen molar-refractivity contribution in [2.75, 3.05) is 0 Å². The lowest BCUT2D eigenvalue weighted by Crippen LogP contribution is -1.95. The van der Waals surface area contributed by atoms with Crippen molar-refractivity contribution >= 4 is 32.5 Å². The van der Waals surface area contributed by atoms with E-state index in [1.54, 1.807) is 0 Å². The largest absolute Gasteiger partial charge is 0.325 e. The summed E-state index contributed by atoms with van der Waals surface area (Å²) in [5.74, 6) is 0. The van der Waals surface area contributed by atoms with Crippen LogP contribution < -0.4 is 5.73 Å². The average Bonchev–Trinajstić information content (AvgIpc) is 2.72. The van der Waals surface area contributed by atoms with Gasteiger partial charge in [0.05, 0.1) is 11.2 Å². The molecular weight excluding hydrogens is 278 g/mol. The Hall–Kier alpha value is -1.39. The molecule has 4 heteroatoms. The molecule has 0 aliphatic rings. The molecule has 2 N–H and O–H groups in total. The van der Waals surface area contributed by atoms with Gasteiger partial charge in [0, 0.05) is 22.6 Å². The number of aromatic nitrogens is 2. The van der Waals surface area contributed by atoms with Gasteiger partial charge in [-0.05, 0) is 30.7 Å². The zero-order valence-corrected chi connectivity index (χ0v) is 11.0. The van der Waals surface area contributed by atoms with Crippen molar-refractivity contribution in [2.45, 2.75) is 13.5 Å². The molecule has 0 spiro atoms. The Morgan fingerprint density at radius 1 is 1.35 bits per heavy atom. The second-order valence-electron chi connectivity index (χ2n) is 4.15. The maximum Gasteiger partial charge on any atom is 0.137 e. The van der Waals surface area contributed by atoms with Gasteiger partial charge in [-0.1, -0.05) is 22.0 Å². The normalized spacial score (nSPS) is 11.5. The lowest BCUT2D eigenvalue weighted by Gasteiger charge is -2.05. The first kappa shape index (κ1) is 10.7. The Balaban J connectivity index is 2.51. The fourth-order valence-electron chi connectivity index (χ4n) is 2.15. The highest BCUT2D eigenvalue weighted by molar-refractivity contribution is 9.10. The third kappa shape index (κ3) is 1.64. The number of rotatable bonds is 1. The van der Waals surface area contributed by atoms with Crippen LogP contribution >= 0.6 is 15.9 Å². The van der Waals surface area contributed by atoms with Crippen LogP contribution in [0.25, 0.3) is 16.6 Å². The van der Waals surface area contributed by atoms with Gasteiger partial charge in [0.2, 0.25) is 0 Å². The predicted octanol–water partition coefficient (Wildman–Crippen LogP) is 3.02. The molecule has 0 fully saturated rings. The van der Waals surface area contributed by atoms with E-state index < -0.39 is 0 Å². The monoisotopic (exact) mass is 289 g/mol. The Labute approximate surface area is 107 Å².